The van der Waals surface area contributed by atoms with Crippen molar-refractivity contribution in [3.8, 4) is 0 Å². The van der Waals surface area contributed by atoms with Gasteiger partial charge in [-0.05, 0) is 24.5 Å². The van der Waals surface area contributed by atoms with Gasteiger partial charge in [0.2, 0.25) is 5.91 Å². The van der Waals surface area contributed by atoms with E-state index in [1.54, 1.807) is 0 Å². The van der Waals surface area contributed by atoms with Crippen LogP contribution in [0.5, 0.6) is 0 Å². The van der Waals surface area contributed by atoms with E-state index < -0.39 is 0 Å². The molecule has 1 aromatic carbocycles. The lowest BCUT2D eigenvalue weighted by atomic mass is 10.0. The first-order chi connectivity index (χ1) is 9.67. The van der Waals surface area contributed by atoms with Crippen molar-refractivity contribution in [1.82, 2.24) is 5.32 Å². The molecule has 0 spiro atoms. The minimum Gasteiger partial charge on any atom is -0.353 e. The Hall–Kier alpha value is -1.35. The monoisotopic (exact) mass is 276 g/mol. The van der Waals surface area contributed by atoms with Crippen LogP contribution in [0.1, 0.15) is 57.1 Å². The van der Waals surface area contributed by atoms with E-state index in [0.717, 1.165) is 17.5 Å². The van der Waals surface area contributed by atoms with Crippen molar-refractivity contribution in [2.24, 2.45) is 5.73 Å². The Labute approximate surface area is 122 Å². The number of rotatable bonds is 9. The van der Waals surface area contributed by atoms with E-state index in [2.05, 4.69) is 19.2 Å². The molecule has 1 rings (SSSR count). The molecule has 3 nitrogen and oxygen atoms in total. The maximum Gasteiger partial charge on any atom is 0.224 e. The molecule has 0 aliphatic heterocycles. The molecule has 0 aromatic heterocycles. The molecule has 0 radical (unpaired) electrons. The standard InChI is InChI=1S/C17H28N2O/c1-3-4-5-6-9-14(2)19-17(20)12-15-10-7-8-11-16(15)13-18/h7-8,10-11,14H,3-6,9,12-13,18H2,1-2H3,(H,19,20). The van der Waals surface area contributed by atoms with Gasteiger partial charge in [-0.1, -0.05) is 56.9 Å². The molecule has 0 saturated carbocycles. The lowest BCUT2D eigenvalue weighted by Gasteiger charge is -2.14. The third-order valence-electron chi connectivity index (χ3n) is 3.59. The first kappa shape index (κ1) is 16.7. The van der Waals surface area contributed by atoms with E-state index >= 15 is 0 Å². The topological polar surface area (TPSA) is 55.1 Å². The van der Waals surface area contributed by atoms with E-state index in [9.17, 15) is 4.79 Å². The number of nitrogens with two attached hydrogens (primary N) is 1. The van der Waals surface area contributed by atoms with Crippen molar-refractivity contribution >= 4 is 5.91 Å². The molecule has 112 valence electrons. The molecule has 0 bridgehead atoms. The van der Waals surface area contributed by atoms with Gasteiger partial charge in [0.05, 0.1) is 6.42 Å². The van der Waals surface area contributed by atoms with Gasteiger partial charge in [-0.15, -0.1) is 0 Å². The number of nitrogens with one attached hydrogen (secondary N) is 1. The van der Waals surface area contributed by atoms with E-state index in [4.69, 9.17) is 5.73 Å². The number of hydrogen-bond donors (Lipinski definition) is 2. The van der Waals surface area contributed by atoms with Crippen LogP contribution in [0.2, 0.25) is 0 Å². The number of unbranched alkanes of at least 4 members (excludes halogenated alkanes) is 3. The Morgan fingerprint density at radius 1 is 1.20 bits per heavy atom. The fourth-order valence-corrected chi connectivity index (χ4v) is 2.38. The van der Waals surface area contributed by atoms with Gasteiger partial charge in [-0.25, -0.2) is 0 Å². The highest BCUT2D eigenvalue weighted by molar-refractivity contribution is 5.79. The summed E-state index contributed by atoms with van der Waals surface area (Å²) in [5.74, 6) is 0.0916. The van der Waals surface area contributed by atoms with Gasteiger partial charge in [0.15, 0.2) is 0 Å². The summed E-state index contributed by atoms with van der Waals surface area (Å²) in [5.41, 5.74) is 7.78. The van der Waals surface area contributed by atoms with E-state index in [1.165, 1.54) is 25.7 Å². The van der Waals surface area contributed by atoms with Gasteiger partial charge < -0.3 is 11.1 Å². The van der Waals surface area contributed by atoms with Gasteiger partial charge in [-0.3, -0.25) is 4.79 Å². The Kier molecular flexibility index (Phi) is 7.97. The SMILES string of the molecule is CCCCCCC(C)NC(=O)Cc1ccccc1CN. The summed E-state index contributed by atoms with van der Waals surface area (Å²) in [7, 11) is 0. The zero-order valence-electron chi connectivity index (χ0n) is 12.8. The maximum atomic E-state index is 12.0. The highest BCUT2D eigenvalue weighted by Crippen LogP contribution is 2.09. The summed E-state index contributed by atoms with van der Waals surface area (Å²) in [6, 6.07) is 8.13. The van der Waals surface area contributed by atoms with Crippen molar-refractivity contribution in [2.45, 2.75) is 65.0 Å². The van der Waals surface area contributed by atoms with Gasteiger partial charge >= 0.3 is 0 Å². The highest BCUT2D eigenvalue weighted by atomic mass is 16.1. The number of carbonyl (C=O) groups is 1. The van der Waals surface area contributed by atoms with Crippen LogP contribution in [0.4, 0.5) is 0 Å². The number of benzene rings is 1. The summed E-state index contributed by atoms with van der Waals surface area (Å²) in [6.07, 6.45) is 6.46. The molecule has 1 unspecified atom stereocenters. The molecule has 20 heavy (non-hydrogen) atoms. The van der Waals surface area contributed by atoms with Gasteiger partial charge in [-0.2, -0.15) is 0 Å². The predicted octanol–water partition coefficient (Wildman–Crippen LogP) is 3.16. The summed E-state index contributed by atoms with van der Waals surface area (Å²) in [4.78, 5) is 12.0. The van der Waals surface area contributed by atoms with Crippen molar-refractivity contribution < 1.29 is 4.79 Å². The normalized spacial score (nSPS) is 12.2. The second-order valence-electron chi connectivity index (χ2n) is 5.47. The first-order valence-electron chi connectivity index (χ1n) is 7.73. The predicted molar refractivity (Wildman–Crippen MR) is 84.4 cm³/mol. The molecule has 3 N–H and O–H groups in total. The van der Waals surface area contributed by atoms with Crippen LogP contribution in [0.3, 0.4) is 0 Å². The van der Waals surface area contributed by atoms with E-state index in [0.29, 0.717) is 13.0 Å². The smallest absolute Gasteiger partial charge is 0.224 e. The van der Waals surface area contributed by atoms with Crippen molar-refractivity contribution in [1.29, 1.82) is 0 Å². The zero-order valence-corrected chi connectivity index (χ0v) is 12.8. The minimum absolute atomic E-state index is 0.0916. The molecule has 1 atom stereocenters. The fraction of sp³-hybridized carbons (Fsp3) is 0.588. The van der Waals surface area contributed by atoms with Crippen LogP contribution in [0.25, 0.3) is 0 Å². The third kappa shape index (κ3) is 6.20. The number of carbonyl (C=O) groups excluding carboxylic acids is 1. The van der Waals surface area contributed by atoms with Crippen LogP contribution in [0, 0.1) is 0 Å². The van der Waals surface area contributed by atoms with Crippen molar-refractivity contribution in [3.63, 3.8) is 0 Å². The van der Waals surface area contributed by atoms with Crippen LogP contribution in [-0.4, -0.2) is 11.9 Å². The minimum atomic E-state index is 0.0916. The summed E-state index contributed by atoms with van der Waals surface area (Å²) in [6.45, 7) is 4.77. The Morgan fingerprint density at radius 2 is 1.90 bits per heavy atom. The molecule has 0 saturated heterocycles. The Balaban J connectivity index is 2.35. The maximum absolute atomic E-state index is 12.0. The summed E-state index contributed by atoms with van der Waals surface area (Å²) in [5, 5.41) is 3.08. The first-order valence-corrected chi connectivity index (χ1v) is 7.73. The Bertz CT molecular complexity index is 404. The van der Waals surface area contributed by atoms with Crippen LogP contribution < -0.4 is 11.1 Å². The number of hydrogen-bond acceptors (Lipinski definition) is 2. The fourth-order valence-electron chi connectivity index (χ4n) is 2.38. The zero-order chi connectivity index (χ0) is 14.8. The van der Waals surface area contributed by atoms with E-state index in [1.807, 2.05) is 24.3 Å². The molecule has 0 aliphatic rings. The summed E-state index contributed by atoms with van der Waals surface area (Å²) >= 11 is 0. The second-order valence-corrected chi connectivity index (χ2v) is 5.47. The molecule has 3 heteroatoms. The van der Waals surface area contributed by atoms with Crippen LogP contribution in [-0.2, 0) is 17.8 Å². The molecule has 1 aromatic rings. The van der Waals surface area contributed by atoms with Crippen molar-refractivity contribution in [3.05, 3.63) is 35.4 Å². The highest BCUT2D eigenvalue weighted by Gasteiger charge is 2.09. The molecular weight excluding hydrogens is 248 g/mol. The average Bonchev–Trinajstić information content (AvgIpc) is 2.44. The lowest BCUT2D eigenvalue weighted by Crippen LogP contribution is -2.33. The molecule has 1 amide bonds. The quantitative estimate of drug-likeness (QED) is 0.681. The van der Waals surface area contributed by atoms with Crippen LogP contribution in [0.15, 0.2) is 24.3 Å². The van der Waals surface area contributed by atoms with Gasteiger partial charge in [0.1, 0.15) is 0 Å². The lowest BCUT2D eigenvalue weighted by molar-refractivity contribution is -0.121. The van der Waals surface area contributed by atoms with Crippen LogP contribution >= 0.6 is 0 Å². The van der Waals surface area contributed by atoms with Gasteiger partial charge in [0, 0.05) is 12.6 Å². The average molecular weight is 276 g/mol. The number of amides is 1. The summed E-state index contributed by atoms with van der Waals surface area (Å²) < 4.78 is 0. The van der Waals surface area contributed by atoms with Gasteiger partial charge in [0.25, 0.3) is 0 Å². The molecule has 0 heterocycles. The largest absolute Gasteiger partial charge is 0.353 e. The Morgan fingerprint density at radius 3 is 2.55 bits per heavy atom. The molecular formula is C17H28N2O. The third-order valence-corrected chi connectivity index (χ3v) is 3.59. The molecule has 0 fully saturated rings. The second kappa shape index (κ2) is 9.54. The molecule has 0 aliphatic carbocycles. The van der Waals surface area contributed by atoms with E-state index in [-0.39, 0.29) is 11.9 Å². The van der Waals surface area contributed by atoms with Crippen molar-refractivity contribution in [2.75, 3.05) is 0 Å².